The summed E-state index contributed by atoms with van der Waals surface area (Å²) in [5.74, 6) is 0.620. The Labute approximate surface area is 173 Å². The molecule has 6 heteroatoms. The Hall–Kier alpha value is -1.85. The predicted octanol–water partition coefficient (Wildman–Crippen LogP) is 3.54. The first-order chi connectivity index (χ1) is 13.1. The average Bonchev–Trinajstić information content (AvgIpc) is 3.30. The summed E-state index contributed by atoms with van der Waals surface area (Å²) >= 11 is 0. The van der Waals surface area contributed by atoms with Crippen LogP contribution in [0.2, 0.25) is 0 Å². The molecule has 2 aliphatic rings. The fourth-order valence-corrected chi connectivity index (χ4v) is 4.47. The average molecular weight is 403 g/mol. The van der Waals surface area contributed by atoms with E-state index in [1.54, 1.807) is 0 Å². The number of likely N-dealkylation sites (tertiary alicyclic amines) is 1. The Bertz CT molecular complexity index is 820. The van der Waals surface area contributed by atoms with Crippen molar-refractivity contribution in [1.29, 1.82) is 0 Å². The molecule has 1 saturated heterocycles. The summed E-state index contributed by atoms with van der Waals surface area (Å²) in [5, 5.41) is 4.79. The van der Waals surface area contributed by atoms with Gasteiger partial charge in [-0.1, -0.05) is 19.1 Å². The van der Waals surface area contributed by atoms with Gasteiger partial charge in [0.1, 0.15) is 0 Å². The van der Waals surface area contributed by atoms with Crippen molar-refractivity contribution in [2.24, 2.45) is 11.7 Å². The Morgan fingerprint density at radius 1 is 1.21 bits per heavy atom. The molecular formula is C22H31ClN4O. The Kier molecular flexibility index (Phi) is 6.46. The number of amides is 1. The number of aryl methyl sites for hydroxylation is 1. The zero-order valence-electron chi connectivity index (χ0n) is 16.9. The normalized spacial score (nSPS) is 17.9. The number of halogens is 1. The summed E-state index contributed by atoms with van der Waals surface area (Å²) in [7, 11) is 0. The highest BCUT2D eigenvalue weighted by atomic mass is 35.5. The molecule has 4 rings (SSSR count). The topological polar surface area (TPSA) is 64.2 Å². The van der Waals surface area contributed by atoms with E-state index in [-0.39, 0.29) is 24.4 Å². The predicted molar refractivity (Wildman–Crippen MR) is 114 cm³/mol. The third-order valence-electron chi connectivity index (χ3n) is 6.29. The molecule has 1 aliphatic carbocycles. The van der Waals surface area contributed by atoms with E-state index in [4.69, 9.17) is 10.8 Å². The number of aromatic nitrogens is 2. The maximum absolute atomic E-state index is 13.2. The number of rotatable bonds is 4. The first kappa shape index (κ1) is 20.9. The number of nitrogens with two attached hydrogens (primary N) is 1. The van der Waals surface area contributed by atoms with Crippen molar-refractivity contribution in [2.45, 2.75) is 58.4 Å². The Morgan fingerprint density at radius 2 is 1.89 bits per heavy atom. The third-order valence-corrected chi connectivity index (χ3v) is 6.29. The molecule has 1 amide bonds. The maximum atomic E-state index is 13.2. The van der Waals surface area contributed by atoms with Gasteiger partial charge in [0.05, 0.1) is 5.69 Å². The molecule has 0 radical (unpaired) electrons. The van der Waals surface area contributed by atoms with Crippen molar-refractivity contribution in [3.8, 4) is 5.69 Å². The van der Waals surface area contributed by atoms with Gasteiger partial charge in [-0.05, 0) is 69.1 Å². The van der Waals surface area contributed by atoms with Crippen LogP contribution in [0.5, 0.6) is 0 Å². The largest absolute Gasteiger partial charge is 0.337 e. The van der Waals surface area contributed by atoms with Crippen molar-refractivity contribution in [3.05, 3.63) is 46.8 Å². The van der Waals surface area contributed by atoms with E-state index in [0.717, 1.165) is 62.9 Å². The van der Waals surface area contributed by atoms with Crippen LogP contribution in [0.25, 0.3) is 5.69 Å². The van der Waals surface area contributed by atoms with Crippen LogP contribution in [0.3, 0.4) is 0 Å². The second-order valence-electron chi connectivity index (χ2n) is 8.05. The van der Waals surface area contributed by atoms with Gasteiger partial charge >= 0.3 is 0 Å². The quantitative estimate of drug-likeness (QED) is 0.850. The number of benzene rings is 1. The van der Waals surface area contributed by atoms with E-state index in [9.17, 15) is 4.79 Å². The molecule has 0 saturated carbocycles. The fraction of sp³-hybridized carbons (Fsp3) is 0.545. The summed E-state index contributed by atoms with van der Waals surface area (Å²) in [6.45, 7) is 5.81. The van der Waals surface area contributed by atoms with Gasteiger partial charge in [0.2, 0.25) is 0 Å². The van der Waals surface area contributed by atoms with Crippen molar-refractivity contribution in [2.75, 3.05) is 13.1 Å². The summed E-state index contributed by atoms with van der Waals surface area (Å²) < 4.78 is 2.00. The molecule has 1 unspecified atom stereocenters. The molecule has 2 heterocycles. The molecule has 1 fully saturated rings. The van der Waals surface area contributed by atoms with E-state index in [2.05, 4.69) is 38.1 Å². The van der Waals surface area contributed by atoms with Gasteiger partial charge in [0.25, 0.3) is 5.91 Å². The van der Waals surface area contributed by atoms with Crippen LogP contribution >= 0.6 is 12.4 Å². The van der Waals surface area contributed by atoms with Crippen molar-refractivity contribution >= 4 is 18.3 Å². The van der Waals surface area contributed by atoms with Crippen LogP contribution < -0.4 is 5.73 Å². The second-order valence-corrected chi connectivity index (χ2v) is 8.05. The first-order valence-corrected chi connectivity index (χ1v) is 10.3. The number of hydrogen-bond acceptors (Lipinski definition) is 3. The van der Waals surface area contributed by atoms with E-state index in [0.29, 0.717) is 11.6 Å². The fourth-order valence-electron chi connectivity index (χ4n) is 4.47. The van der Waals surface area contributed by atoms with E-state index in [1.807, 2.05) is 9.58 Å². The summed E-state index contributed by atoms with van der Waals surface area (Å²) in [4.78, 5) is 15.2. The van der Waals surface area contributed by atoms with E-state index < -0.39 is 0 Å². The smallest absolute Gasteiger partial charge is 0.274 e. The standard InChI is InChI=1S/C22H30N4O.ClH/c1-3-16-7-9-18(10-8-16)26-20-6-4-5-19(20)21(24-26)22(27)25-13-11-17(12-14-25)15(2)23;/h7-10,15,17H,3-6,11-14,23H2,1-2H3;1H. The highest BCUT2D eigenvalue weighted by molar-refractivity contribution is 5.94. The molecule has 28 heavy (non-hydrogen) atoms. The lowest BCUT2D eigenvalue weighted by Gasteiger charge is -2.33. The summed E-state index contributed by atoms with van der Waals surface area (Å²) in [5.41, 5.74) is 11.5. The van der Waals surface area contributed by atoms with Crippen LogP contribution in [0, 0.1) is 5.92 Å². The molecular weight excluding hydrogens is 372 g/mol. The second kappa shape index (κ2) is 8.66. The number of carbonyl (C=O) groups is 1. The monoisotopic (exact) mass is 402 g/mol. The van der Waals surface area contributed by atoms with Gasteiger partial charge in [0.15, 0.2) is 5.69 Å². The van der Waals surface area contributed by atoms with E-state index in [1.165, 1.54) is 11.3 Å². The molecule has 1 aromatic heterocycles. The molecule has 0 bridgehead atoms. The first-order valence-electron chi connectivity index (χ1n) is 10.3. The Morgan fingerprint density at radius 3 is 2.50 bits per heavy atom. The van der Waals surface area contributed by atoms with Crippen LogP contribution in [-0.4, -0.2) is 39.7 Å². The van der Waals surface area contributed by atoms with Crippen LogP contribution in [-0.2, 0) is 19.3 Å². The maximum Gasteiger partial charge on any atom is 0.274 e. The highest BCUT2D eigenvalue weighted by Crippen LogP contribution is 2.30. The number of fused-ring (bicyclic) bond motifs is 1. The Balaban J connectivity index is 0.00000225. The lowest BCUT2D eigenvalue weighted by Crippen LogP contribution is -2.42. The third kappa shape index (κ3) is 3.83. The molecule has 1 aromatic carbocycles. The molecule has 0 spiro atoms. The number of nitrogens with zero attached hydrogens (tertiary/aromatic N) is 3. The zero-order valence-corrected chi connectivity index (χ0v) is 17.7. The summed E-state index contributed by atoms with van der Waals surface area (Å²) in [6.07, 6.45) is 6.07. The summed E-state index contributed by atoms with van der Waals surface area (Å²) in [6, 6.07) is 8.74. The van der Waals surface area contributed by atoms with Gasteiger partial charge in [-0.15, -0.1) is 12.4 Å². The van der Waals surface area contributed by atoms with Crippen LogP contribution in [0.4, 0.5) is 0 Å². The number of carbonyl (C=O) groups excluding carboxylic acids is 1. The number of hydrogen-bond donors (Lipinski definition) is 1. The number of piperidine rings is 1. The van der Waals surface area contributed by atoms with Gasteiger partial charge in [0, 0.05) is 30.4 Å². The lowest BCUT2D eigenvalue weighted by molar-refractivity contribution is 0.0673. The van der Waals surface area contributed by atoms with Crippen molar-refractivity contribution < 1.29 is 4.79 Å². The van der Waals surface area contributed by atoms with Gasteiger partial charge < -0.3 is 10.6 Å². The van der Waals surface area contributed by atoms with Crippen LogP contribution in [0.15, 0.2) is 24.3 Å². The minimum absolute atomic E-state index is 0. The lowest BCUT2D eigenvalue weighted by atomic mass is 9.91. The molecule has 1 aliphatic heterocycles. The minimum atomic E-state index is 0. The molecule has 5 nitrogen and oxygen atoms in total. The van der Waals surface area contributed by atoms with Gasteiger partial charge in [-0.3, -0.25) is 4.79 Å². The van der Waals surface area contributed by atoms with Gasteiger partial charge in [-0.25, -0.2) is 4.68 Å². The molecule has 2 N–H and O–H groups in total. The van der Waals surface area contributed by atoms with Crippen molar-refractivity contribution in [3.63, 3.8) is 0 Å². The SMILES string of the molecule is CCc1ccc(-n2nc(C(=O)N3CCC(C(C)N)CC3)c3c2CCC3)cc1.Cl. The van der Waals surface area contributed by atoms with E-state index >= 15 is 0 Å². The molecule has 152 valence electrons. The van der Waals surface area contributed by atoms with Crippen LogP contribution in [0.1, 0.15) is 60.4 Å². The molecule has 2 aromatic rings. The highest BCUT2D eigenvalue weighted by Gasteiger charge is 2.32. The van der Waals surface area contributed by atoms with Crippen molar-refractivity contribution in [1.82, 2.24) is 14.7 Å². The zero-order chi connectivity index (χ0) is 19.0. The molecule has 1 atom stereocenters. The van der Waals surface area contributed by atoms with Gasteiger partial charge in [-0.2, -0.15) is 5.10 Å². The minimum Gasteiger partial charge on any atom is -0.337 e.